The van der Waals surface area contributed by atoms with Crippen LogP contribution in [-0.2, 0) is 4.79 Å². The summed E-state index contributed by atoms with van der Waals surface area (Å²) in [6.07, 6.45) is 1.12. The summed E-state index contributed by atoms with van der Waals surface area (Å²) in [5.74, 6) is 0.00980. The van der Waals surface area contributed by atoms with Gasteiger partial charge >= 0.3 is 5.97 Å². The third-order valence-corrected chi connectivity index (χ3v) is 3.16. The van der Waals surface area contributed by atoms with Crippen molar-refractivity contribution < 1.29 is 19.4 Å². The Labute approximate surface area is 111 Å². The molecule has 1 aromatic carbocycles. The van der Waals surface area contributed by atoms with E-state index in [-0.39, 0.29) is 12.2 Å². The second-order valence-electron chi connectivity index (χ2n) is 4.62. The molecule has 0 aromatic heterocycles. The number of carboxylic acids is 1. The Hall–Kier alpha value is -2.04. The number of Topliss-reactive ketones (excluding diaryl/α,β-unsaturated/α-hetero) is 1. The minimum atomic E-state index is -0.820. The number of aliphatic carboxylic acids is 1. The third kappa shape index (κ3) is 3.24. The van der Waals surface area contributed by atoms with Crippen LogP contribution in [0.15, 0.2) is 18.2 Å². The number of rotatable bonds is 5. The van der Waals surface area contributed by atoms with Crippen molar-refractivity contribution in [2.45, 2.75) is 19.3 Å². The highest BCUT2D eigenvalue weighted by molar-refractivity contribution is 6.03. The zero-order chi connectivity index (χ0) is 13.8. The number of ether oxygens (including phenoxy) is 1. The Morgan fingerprint density at radius 3 is 3.00 bits per heavy atom. The minimum absolute atomic E-state index is 0.101. The summed E-state index contributed by atoms with van der Waals surface area (Å²) < 4.78 is 5.50. The van der Waals surface area contributed by atoms with Crippen molar-refractivity contribution >= 4 is 17.4 Å². The van der Waals surface area contributed by atoms with Gasteiger partial charge in [-0.1, -0.05) is 0 Å². The predicted octanol–water partition coefficient (Wildman–Crippen LogP) is 1.95. The highest BCUT2D eigenvalue weighted by atomic mass is 16.5. The van der Waals surface area contributed by atoms with E-state index in [9.17, 15) is 9.59 Å². The highest BCUT2D eigenvalue weighted by Gasteiger charge is 2.20. The summed E-state index contributed by atoms with van der Waals surface area (Å²) in [6.45, 7) is 1.08. The van der Waals surface area contributed by atoms with Crippen molar-refractivity contribution in [1.29, 1.82) is 0 Å². The van der Waals surface area contributed by atoms with Crippen LogP contribution in [0.1, 0.15) is 29.6 Å². The van der Waals surface area contributed by atoms with Gasteiger partial charge in [0, 0.05) is 38.1 Å². The van der Waals surface area contributed by atoms with Crippen molar-refractivity contribution in [3.63, 3.8) is 0 Å². The molecule has 0 radical (unpaired) electrons. The average molecular weight is 263 g/mol. The molecule has 1 aliphatic heterocycles. The Bertz CT molecular complexity index is 498. The van der Waals surface area contributed by atoms with E-state index < -0.39 is 5.97 Å². The molecule has 1 heterocycles. The second-order valence-corrected chi connectivity index (χ2v) is 4.62. The molecule has 1 aromatic rings. The first-order valence-corrected chi connectivity index (χ1v) is 6.31. The number of carbonyl (C=O) groups excluding carboxylic acids is 1. The Morgan fingerprint density at radius 2 is 2.26 bits per heavy atom. The molecule has 0 atom stereocenters. The van der Waals surface area contributed by atoms with E-state index in [1.165, 1.54) is 0 Å². The molecule has 0 aliphatic carbocycles. The molecule has 1 N–H and O–H groups in total. The van der Waals surface area contributed by atoms with Gasteiger partial charge in [-0.15, -0.1) is 0 Å². The molecule has 2 rings (SSSR count). The first-order chi connectivity index (χ1) is 9.08. The maximum atomic E-state index is 11.7. The molecule has 1 aliphatic rings. The molecule has 5 nitrogen and oxygen atoms in total. The van der Waals surface area contributed by atoms with Crippen molar-refractivity contribution in [2.24, 2.45) is 0 Å². The molecule has 102 valence electrons. The van der Waals surface area contributed by atoms with E-state index >= 15 is 0 Å². The van der Waals surface area contributed by atoms with E-state index in [1.54, 1.807) is 12.1 Å². The van der Waals surface area contributed by atoms with E-state index in [2.05, 4.69) is 0 Å². The van der Waals surface area contributed by atoms with Crippen LogP contribution in [-0.4, -0.2) is 37.1 Å². The molecule has 19 heavy (non-hydrogen) atoms. The van der Waals surface area contributed by atoms with Gasteiger partial charge in [-0.25, -0.2) is 0 Å². The fraction of sp³-hybridized carbons (Fsp3) is 0.429. The third-order valence-electron chi connectivity index (χ3n) is 3.16. The van der Waals surface area contributed by atoms with Gasteiger partial charge < -0.3 is 14.7 Å². The number of fused-ring (bicyclic) bond motifs is 1. The molecule has 0 bridgehead atoms. The van der Waals surface area contributed by atoms with E-state index in [0.717, 1.165) is 11.3 Å². The monoisotopic (exact) mass is 263 g/mol. The van der Waals surface area contributed by atoms with Gasteiger partial charge in [0.1, 0.15) is 5.75 Å². The number of anilines is 1. The minimum Gasteiger partial charge on any atom is -0.494 e. The van der Waals surface area contributed by atoms with Crippen molar-refractivity contribution in [3.8, 4) is 5.75 Å². The number of ketones is 1. The van der Waals surface area contributed by atoms with Crippen LogP contribution in [0.4, 0.5) is 5.69 Å². The summed E-state index contributed by atoms with van der Waals surface area (Å²) >= 11 is 0. The quantitative estimate of drug-likeness (QED) is 0.822. The highest BCUT2D eigenvalue weighted by Crippen LogP contribution is 2.29. The average Bonchev–Trinajstić information content (AvgIpc) is 2.39. The maximum Gasteiger partial charge on any atom is 0.303 e. The lowest BCUT2D eigenvalue weighted by molar-refractivity contribution is -0.137. The molecule has 0 saturated carbocycles. The van der Waals surface area contributed by atoms with Crippen LogP contribution in [0.25, 0.3) is 0 Å². The number of benzene rings is 1. The number of hydrogen-bond acceptors (Lipinski definition) is 4. The largest absolute Gasteiger partial charge is 0.494 e. The van der Waals surface area contributed by atoms with E-state index in [1.807, 2.05) is 18.0 Å². The molecule has 0 spiro atoms. The lowest BCUT2D eigenvalue weighted by atomic mass is 10.0. The predicted molar refractivity (Wildman–Crippen MR) is 71.0 cm³/mol. The summed E-state index contributed by atoms with van der Waals surface area (Å²) in [5, 5.41) is 8.53. The van der Waals surface area contributed by atoms with Gasteiger partial charge in [0.05, 0.1) is 12.3 Å². The number of carboxylic acid groups (broad SMARTS) is 1. The molecule has 0 unspecified atom stereocenters. The topological polar surface area (TPSA) is 66.8 Å². The number of nitrogens with zero attached hydrogens (tertiary/aromatic N) is 1. The second kappa shape index (κ2) is 5.73. The smallest absolute Gasteiger partial charge is 0.303 e. The summed E-state index contributed by atoms with van der Waals surface area (Å²) in [6, 6.07) is 5.38. The molecule has 0 amide bonds. The van der Waals surface area contributed by atoms with Crippen molar-refractivity contribution in [3.05, 3.63) is 23.8 Å². The van der Waals surface area contributed by atoms with E-state index in [0.29, 0.717) is 31.7 Å². The zero-order valence-electron chi connectivity index (χ0n) is 10.9. The lowest BCUT2D eigenvalue weighted by Crippen LogP contribution is -2.28. The number of hydrogen-bond donors (Lipinski definition) is 1. The lowest BCUT2D eigenvalue weighted by Gasteiger charge is -2.26. The summed E-state index contributed by atoms with van der Waals surface area (Å²) in [7, 11) is 1.94. The van der Waals surface area contributed by atoms with Gasteiger partial charge in [-0.2, -0.15) is 0 Å². The summed E-state index contributed by atoms with van der Waals surface area (Å²) in [5.41, 5.74) is 1.61. The van der Waals surface area contributed by atoms with Crippen LogP contribution in [0.3, 0.4) is 0 Å². The SMILES string of the molecule is CN1CCC(=O)c2ccc(OCCCC(=O)O)cc21. The first kappa shape index (κ1) is 13.4. The van der Waals surface area contributed by atoms with Crippen LogP contribution in [0.2, 0.25) is 0 Å². The maximum absolute atomic E-state index is 11.7. The molecule has 0 fully saturated rings. The van der Waals surface area contributed by atoms with Crippen LogP contribution in [0.5, 0.6) is 5.75 Å². The molecule has 5 heteroatoms. The fourth-order valence-corrected chi connectivity index (χ4v) is 2.09. The summed E-state index contributed by atoms with van der Waals surface area (Å²) in [4.78, 5) is 24.2. The van der Waals surface area contributed by atoms with Gasteiger partial charge in [0.25, 0.3) is 0 Å². The van der Waals surface area contributed by atoms with Crippen molar-refractivity contribution in [2.75, 3.05) is 25.1 Å². The Kier molecular flexibility index (Phi) is 4.04. The van der Waals surface area contributed by atoms with Crippen LogP contribution in [0, 0.1) is 0 Å². The fourth-order valence-electron chi connectivity index (χ4n) is 2.09. The Morgan fingerprint density at radius 1 is 1.47 bits per heavy atom. The van der Waals surface area contributed by atoms with Gasteiger partial charge in [0.15, 0.2) is 5.78 Å². The first-order valence-electron chi connectivity index (χ1n) is 6.31. The van der Waals surface area contributed by atoms with Crippen LogP contribution >= 0.6 is 0 Å². The van der Waals surface area contributed by atoms with Gasteiger partial charge in [0.2, 0.25) is 0 Å². The standard InChI is InChI=1S/C14H17NO4/c1-15-7-6-13(16)11-5-4-10(9-12(11)15)19-8-2-3-14(17)18/h4-5,9H,2-3,6-8H2,1H3,(H,17,18). The molecular weight excluding hydrogens is 246 g/mol. The van der Waals surface area contributed by atoms with E-state index in [4.69, 9.17) is 9.84 Å². The zero-order valence-corrected chi connectivity index (χ0v) is 10.9. The normalized spacial score (nSPS) is 14.2. The Balaban J connectivity index is 2.02. The molecule has 0 saturated heterocycles. The van der Waals surface area contributed by atoms with Gasteiger partial charge in [-0.05, 0) is 18.6 Å². The number of carbonyl (C=O) groups is 2. The van der Waals surface area contributed by atoms with Crippen LogP contribution < -0.4 is 9.64 Å². The van der Waals surface area contributed by atoms with Crippen molar-refractivity contribution in [1.82, 2.24) is 0 Å². The van der Waals surface area contributed by atoms with Gasteiger partial charge in [-0.3, -0.25) is 9.59 Å². The molecular formula is C14H17NO4.